The van der Waals surface area contributed by atoms with Crippen molar-refractivity contribution in [1.29, 1.82) is 0 Å². The van der Waals surface area contributed by atoms with Crippen LogP contribution in [0.25, 0.3) is 22.2 Å². The first-order chi connectivity index (χ1) is 14.7. The minimum atomic E-state index is 0.219. The van der Waals surface area contributed by atoms with E-state index >= 15 is 0 Å². The lowest BCUT2D eigenvalue weighted by atomic mass is 10.1. The van der Waals surface area contributed by atoms with Crippen LogP contribution in [0.3, 0.4) is 0 Å². The Hall–Kier alpha value is -3.41. The molecule has 1 aliphatic heterocycles. The topological polar surface area (TPSA) is 66.8 Å². The zero-order valence-corrected chi connectivity index (χ0v) is 17.0. The van der Waals surface area contributed by atoms with Crippen LogP contribution in [0.1, 0.15) is 18.9 Å². The molecule has 1 fully saturated rings. The van der Waals surface area contributed by atoms with Crippen molar-refractivity contribution in [2.24, 2.45) is 5.92 Å². The molecule has 2 aromatic carbocycles. The van der Waals surface area contributed by atoms with Crippen LogP contribution in [0, 0.1) is 5.92 Å². The number of carbonyl (C=O) groups is 1. The summed E-state index contributed by atoms with van der Waals surface area (Å²) in [4.78, 5) is 19.5. The van der Waals surface area contributed by atoms with Gasteiger partial charge in [-0.2, -0.15) is 5.10 Å². The molecule has 1 amide bonds. The van der Waals surface area contributed by atoms with Crippen molar-refractivity contribution in [3.8, 4) is 11.1 Å². The van der Waals surface area contributed by atoms with Gasteiger partial charge in [-0.15, -0.1) is 0 Å². The molecule has 0 aliphatic carbocycles. The Morgan fingerprint density at radius 2 is 2.03 bits per heavy atom. The van der Waals surface area contributed by atoms with E-state index in [2.05, 4.69) is 44.9 Å². The van der Waals surface area contributed by atoms with Crippen molar-refractivity contribution in [2.75, 3.05) is 6.54 Å². The van der Waals surface area contributed by atoms with Crippen LogP contribution in [0.2, 0.25) is 0 Å². The molecular weight excluding hydrogens is 374 g/mol. The van der Waals surface area contributed by atoms with Crippen LogP contribution in [0.5, 0.6) is 0 Å². The highest BCUT2D eigenvalue weighted by Crippen LogP contribution is 2.28. The van der Waals surface area contributed by atoms with E-state index in [9.17, 15) is 4.79 Å². The normalized spacial score (nSPS) is 18.9. The Morgan fingerprint density at radius 3 is 2.83 bits per heavy atom. The fourth-order valence-corrected chi connectivity index (χ4v) is 4.57. The molecule has 1 saturated heterocycles. The minimum Gasteiger partial charge on any atom is -0.339 e. The van der Waals surface area contributed by atoms with Crippen molar-refractivity contribution in [3.63, 3.8) is 0 Å². The third kappa shape index (κ3) is 3.61. The lowest BCUT2D eigenvalue weighted by Gasteiger charge is -2.21. The van der Waals surface area contributed by atoms with Crippen molar-refractivity contribution >= 4 is 16.9 Å². The number of fused-ring (bicyclic) bond motifs is 1. The standard InChI is InChI=1S/C24H25N5O/c1-17-9-19(15-29(17)24(30)10-18-5-3-2-4-6-18)14-28-16-25-22-11-20(7-8-23(22)28)21-12-26-27-13-21/h2-8,11-13,16-17,19H,9-10,14-15H2,1H3,(H,26,27)/t17-,19-/m0/s1. The monoisotopic (exact) mass is 399 g/mol. The molecule has 152 valence electrons. The molecule has 5 rings (SSSR count). The first-order valence-corrected chi connectivity index (χ1v) is 10.4. The molecule has 2 atom stereocenters. The number of rotatable bonds is 5. The van der Waals surface area contributed by atoms with E-state index < -0.39 is 0 Å². The zero-order chi connectivity index (χ0) is 20.5. The Kier molecular flexibility index (Phi) is 4.83. The fraction of sp³-hybridized carbons (Fsp3) is 0.292. The second-order valence-corrected chi connectivity index (χ2v) is 8.25. The predicted molar refractivity (Wildman–Crippen MR) is 117 cm³/mol. The number of amides is 1. The fourth-order valence-electron chi connectivity index (χ4n) is 4.57. The maximum atomic E-state index is 12.8. The molecule has 3 heterocycles. The second-order valence-electron chi connectivity index (χ2n) is 8.25. The molecular formula is C24H25N5O. The molecule has 6 nitrogen and oxygen atoms in total. The van der Waals surface area contributed by atoms with Gasteiger partial charge in [-0.1, -0.05) is 36.4 Å². The summed E-state index contributed by atoms with van der Waals surface area (Å²) in [6.07, 6.45) is 7.12. The van der Waals surface area contributed by atoms with Crippen LogP contribution in [0.4, 0.5) is 0 Å². The molecule has 1 N–H and O–H groups in total. The highest BCUT2D eigenvalue weighted by molar-refractivity contribution is 5.82. The summed E-state index contributed by atoms with van der Waals surface area (Å²) in [5.41, 5.74) is 5.35. The molecule has 0 saturated carbocycles. The number of benzene rings is 2. The van der Waals surface area contributed by atoms with E-state index in [1.807, 2.05) is 54.0 Å². The average molecular weight is 399 g/mol. The van der Waals surface area contributed by atoms with Crippen LogP contribution in [-0.2, 0) is 17.8 Å². The van der Waals surface area contributed by atoms with Gasteiger partial charge in [-0.05, 0) is 42.5 Å². The molecule has 4 aromatic rings. The van der Waals surface area contributed by atoms with E-state index in [-0.39, 0.29) is 11.9 Å². The van der Waals surface area contributed by atoms with Crippen LogP contribution in [-0.4, -0.2) is 43.1 Å². The van der Waals surface area contributed by atoms with Gasteiger partial charge in [0.05, 0.1) is 30.0 Å². The SMILES string of the molecule is C[C@H]1C[C@@H](Cn2cnc3cc(-c4cn[nH]c4)ccc32)CN1C(=O)Cc1ccccc1. The zero-order valence-electron chi connectivity index (χ0n) is 17.0. The number of likely N-dealkylation sites (tertiary alicyclic amines) is 1. The van der Waals surface area contributed by atoms with Crippen molar-refractivity contribution in [2.45, 2.75) is 32.4 Å². The maximum Gasteiger partial charge on any atom is 0.227 e. The van der Waals surface area contributed by atoms with E-state index in [0.717, 1.165) is 47.2 Å². The van der Waals surface area contributed by atoms with Crippen LogP contribution < -0.4 is 0 Å². The van der Waals surface area contributed by atoms with Gasteiger partial charge in [-0.3, -0.25) is 9.89 Å². The van der Waals surface area contributed by atoms with Gasteiger partial charge in [-0.25, -0.2) is 4.98 Å². The summed E-state index contributed by atoms with van der Waals surface area (Å²) in [5.74, 6) is 0.655. The maximum absolute atomic E-state index is 12.8. The Labute approximate surface area is 175 Å². The quantitative estimate of drug-likeness (QED) is 0.553. The van der Waals surface area contributed by atoms with Crippen molar-refractivity contribution < 1.29 is 4.79 Å². The highest BCUT2D eigenvalue weighted by Gasteiger charge is 2.32. The molecule has 2 aromatic heterocycles. The lowest BCUT2D eigenvalue weighted by molar-refractivity contribution is -0.131. The van der Waals surface area contributed by atoms with Gasteiger partial charge in [0.1, 0.15) is 0 Å². The Bertz CT molecular complexity index is 1150. The predicted octanol–water partition coefficient (Wildman–Crippen LogP) is 3.91. The number of carbonyl (C=O) groups excluding carboxylic acids is 1. The van der Waals surface area contributed by atoms with Crippen LogP contribution >= 0.6 is 0 Å². The first kappa shape index (κ1) is 18.6. The Morgan fingerprint density at radius 1 is 1.17 bits per heavy atom. The van der Waals surface area contributed by atoms with E-state index in [0.29, 0.717) is 12.3 Å². The molecule has 0 spiro atoms. The third-order valence-corrected chi connectivity index (χ3v) is 6.09. The highest BCUT2D eigenvalue weighted by atomic mass is 16.2. The first-order valence-electron chi connectivity index (χ1n) is 10.4. The number of imidazole rings is 1. The second kappa shape index (κ2) is 7.78. The smallest absolute Gasteiger partial charge is 0.227 e. The van der Waals surface area contributed by atoms with E-state index in [1.165, 1.54) is 0 Å². The summed E-state index contributed by atoms with van der Waals surface area (Å²) in [6.45, 7) is 3.84. The van der Waals surface area contributed by atoms with Gasteiger partial charge < -0.3 is 9.47 Å². The minimum absolute atomic E-state index is 0.219. The van der Waals surface area contributed by atoms with Gasteiger partial charge in [0, 0.05) is 30.9 Å². The third-order valence-electron chi connectivity index (χ3n) is 6.09. The Balaban J connectivity index is 1.28. The molecule has 30 heavy (non-hydrogen) atoms. The van der Waals surface area contributed by atoms with Gasteiger partial charge in [0.15, 0.2) is 0 Å². The molecule has 6 heteroatoms. The molecule has 0 unspecified atom stereocenters. The molecule has 0 bridgehead atoms. The van der Waals surface area contributed by atoms with Gasteiger partial charge in [0.2, 0.25) is 5.91 Å². The number of aromatic nitrogens is 4. The number of nitrogens with zero attached hydrogens (tertiary/aromatic N) is 4. The van der Waals surface area contributed by atoms with E-state index in [1.54, 1.807) is 0 Å². The number of nitrogens with one attached hydrogen (secondary N) is 1. The average Bonchev–Trinajstić information content (AvgIpc) is 3.49. The number of hydrogen-bond acceptors (Lipinski definition) is 3. The summed E-state index contributed by atoms with van der Waals surface area (Å²) < 4.78 is 2.22. The molecule has 1 aliphatic rings. The number of aromatic amines is 1. The summed E-state index contributed by atoms with van der Waals surface area (Å²) >= 11 is 0. The van der Waals surface area contributed by atoms with Crippen LogP contribution in [0.15, 0.2) is 67.3 Å². The molecule has 0 radical (unpaired) electrons. The van der Waals surface area contributed by atoms with E-state index in [4.69, 9.17) is 0 Å². The van der Waals surface area contributed by atoms with Crippen molar-refractivity contribution in [1.82, 2.24) is 24.6 Å². The number of hydrogen-bond donors (Lipinski definition) is 1. The summed E-state index contributed by atoms with van der Waals surface area (Å²) in [5, 5.41) is 6.88. The summed E-state index contributed by atoms with van der Waals surface area (Å²) in [7, 11) is 0. The van der Waals surface area contributed by atoms with Gasteiger partial charge in [0.25, 0.3) is 0 Å². The number of H-pyrrole nitrogens is 1. The lowest BCUT2D eigenvalue weighted by Crippen LogP contribution is -2.35. The largest absolute Gasteiger partial charge is 0.339 e. The summed E-state index contributed by atoms with van der Waals surface area (Å²) in [6, 6.07) is 16.6. The van der Waals surface area contributed by atoms with Gasteiger partial charge >= 0.3 is 0 Å². The van der Waals surface area contributed by atoms with Crippen molar-refractivity contribution in [3.05, 3.63) is 72.8 Å².